The Morgan fingerprint density at radius 3 is 0.953 bits per heavy atom. The van der Waals surface area contributed by atoms with Crippen LogP contribution in [-0.4, -0.2) is 97.9 Å². The first-order valence-corrected chi connectivity index (χ1v) is 13.6. The smallest absolute Gasteiger partial charge is 0.326 e. The summed E-state index contributed by atoms with van der Waals surface area (Å²) in [5.41, 5.74) is 0. The summed E-state index contributed by atoms with van der Waals surface area (Å²) >= 11 is 0. The second-order valence-corrected chi connectivity index (χ2v) is 9.79. The fourth-order valence-electron chi connectivity index (χ4n) is 3.61. The minimum absolute atomic E-state index is 0.0942. The van der Waals surface area contributed by atoms with Crippen molar-refractivity contribution in [2.75, 3.05) is 0 Å². The minimum Gasteiger partial charge on any atom is -0.480 e. The molecule has 0 unspecified atom stereocenters. The molecule has 17 heteroatoms. The highest BCUT2D eigenvalue weighted by molar-refractivity contribution is 5.88. The molecule has 0 rings (SSSR count). The Morgan fingerprint density at radius 1 is 0.465 bits per heavy atom. The van der Waals surface area contributed by atoms with E-state index in [2.05, 4.69) is 21.3 Å². The highest BCUT2D eigenvalue weighted by atomic mass is 16.4. The Bertz CT molecular complexity index is 1050. The maximum absolute atomic E-state index is 12.3. The molecule has 4 atom stereocenters. The van der Waals surface area contributed by atoms with E-state index in [0.29, 0.717) is 6.42 Å². The molecule has 0 aliphatic rings. The average Bonchev–Trinajstić information content (AvgIpc) is 2.91. The molecule has 0 spiro atoms. The predicted molar refractivity (Wildman–Crippen MR) is 145 cm³/mol. The van der Waals surface area contributed by atoms with Crippen LogP contribution in [0.2, 0.25) is 0 Å². The first-order valence-electron chi connectivity index (χ1n) is 13.6. The molecule has 17 nitrogen and oxygen atoms in total. The second-order valence-electron chi connectivity index (χ2n) is 9.79. The van der Waals surface area contributed by atoms with Crippen molar-refractivity contribution in [3.63, 3.8) is 0 Å². The molecule has 0 heterocycles. The number of carbonyl (C=O) groups is 9. The summed E-state index contributed by atoms with van der Waals surface area (Å²) in [4.78, 5) is 105. The molecule has 43 heavy (non-hydrogen) atoms. The number of hydrogen-bond donors (Lipinski definition) is 8. The predicted octanol–water partition coefficient (Wildman–Crippen LogP) is -0.836. The molecule has 0 aliphatic heterocycles. The maximum Gasteiger partial charge on any atom is 0.326 e. The van der Waals surface area contributed by atoms with E-state index in [1.54, 1.807) is 0 Å². The van der Waals surface area contributed by atoms with Crippen LogP contribution < -0.4 is 21.3 Å². The van der Waals surface area contributed by atoms with Crippen LogP contribution in [0, 0.1) is 0 Å². The van der Waals surface area contributed by atoms with Crippen LogP contribution in [0.1, 0.15) is 84.5 Å². The van der Waals surface area contributed by atoms with Crippen LogP contribution in [0.25, 0.3) is 0 Å². The van der Waals surface area contributed by atoms with Gasteiger partial charge in [-0.25, -0.2) is 19.2 Å². The van der Waals surface area contributed by atoms with Crippen molar-refractivity contribution >= 4 is 53.3 Å². The molecule has 0 aromatic rings. The molecular weight excluding hydrogens is 576 g/mol. The van der Waals surface area contributed by atoms with Crippen LogP contribution in [-0.2, 0) is 43.2 Å². The first kappa shape index (κ1) is 38.4. The normalized spacial score (nSPS) is 13.3. The van der Waals surface area contributed by atoms with E-state index in [4.69, 9.17) is 5.11 Å². The first-order chi connectivity index (χ1) is 20.1. The molecule has 0 fully saturated rings. The summed E-state index contributed by atoms with van der Waals surface area (Å²) in [6, 6.07) is -5.87. The van der Waals surface area contributed by atoms with Gasteiger partial charge in [-0.2, -0.15) is 0 Å². The van der Waals surface area contributed by atoms with Gasteiger partial charge in [0.25, 0.3) is 0 Å². The minimum atomic E-state index is -1.57. The van der Waals surface area contributed by atoms with Gasteiger partial charge in [0.2, 0.25) is 23.6 Å². The van der Waals surface area contributed by atoms with Gasteiger partial charge in [-0.05, 0) is 39.0 Å². The van der Waals surface area contributed by atoms with Gasteiger partial charge in [-0.15, -0.1) is 0 Å². The third-order valence-electron chi connectivity index (χ3n) is 6.06. The molecule has 0 radical (unpaired) electrons. The molecule has 0 saturated carbocycles. The Morgan fingerprint density at radius 2 is 0.721 bits per heavy atom. The number of aliphatic carboxylic acids is 4. The van der Waals surface area contributed by atoms with Crippen molar-refractivity contribution in [3.05, 3.63) is 0 Å². The summed E-state index contributed by atoms with van der Waals surface area (Å²) in [5.74, 6) is -9.13. The van der Waals surface area contributed by atoms with E-state index in [-0.39, 0.29) is 31.5 Å². The number of rotatable bonds is 23. The van der Waals surface area contributed by atoms with Crippen LogP contribution in [0.5, 0.6) is 0 Å². The molecule has 0 aliphatic carbocycles. The second kappa shape index (κ2) is 20.3. The van der Waals surface area contributed by atoms with Crippen LogP contribution in [0.15, 0.2) is 0 Å². The monoisotopic (exact) mass is 616 g/mol. The van der Waals surface area contributed by atoms with Crippen molar-refractivity contribution in [2.24, 2.45) is 0 Å². The van der Waals surface area contributed by atoms with Crippen molar-refractivity contribution in [2.45, 2.75) is 109 Å². The average molecular weight is 617 g/mol. The number of Topliss-reactive ketones (excluding diaryl/α,β-unsaturated/α-hetero) is 1. The summed E-state index contributed by atoms with van der Waals surface area (Å²) in [7, 11) is 0. The van der Waals surface area contributed by atoms with E-state index in [9.17, 15) is 58.5 Å². The standard InChI is InChI=1S/C26H40N4O13/c1-3-4-5-19(32)27-16(24(38)39)8-11-21(34)29-18(26(42)43)10-13-22(35)30-17(25(40)41)9-12-20(33)28-15(23(36)37)7-6-14(2)31/h15-18H,3-13H2,1-2H3,(H,27,32)(H,28,33)(H,29,34)(H,30,35)(H,36,37)(H,38,39)(H,40,41)(H,42,43)/t15-,16-,17-,18-/m0/s1. The molecule has 0 bridgehead atoms. The van der Waals surface area contributed by atoms with Gasteiger partial charge < -0.3 is 46.5 Å². The van der Waals surface area contributed by atoms with Crippen molar-refractivity contribution in [1.29, 1.82) is 0 Å². The van der Waals surface area contributed by atoms with Gasteiger partial charge in [0.1, 0.15) is 30.0 Å². The van der Waals surface area contributed by atoms with Crippen LogP contribution >= 0.6 is 0 Å². The number of hydrogen-bond acceptors (Lipinski definition) is 9. The summed E-state index contributed by atoms with van der Waals surface area (Å²) in [5, 5.41) is 46.0. The summed E-state index contributed by atoms with van der Waals surface area (Å²) in [6.45, 7) is 3.10. The molecule has 0 aromatic heterocycles. The lowest BCUT2D eigenvalue weighted by Gasteiger charge is -2.18. The van der Waals surface area contributed by atoms with E-state index in [1.807, 2.05) is 6.92 Å². The van der Waals surface area contributed by atoms with Gasteiger partial charge >= 0.3 is 23.9 Å². The third kappa shape index (κ3) is 17.8. The van der Waals surface area contributed by atoms with Crippen LogP contribution in [0.3, 0.4) is 0 Å². The molecule has 0 aromatic carbocycles. The zero-order valence-corrected chi connectivity index (χ0v) is 24.1. The van der Waals surface area contributed by atoms with Gasteiger partial charge in [-0.3, -0.25) is 19.2 Å². The largest absolute Gasteiger partial charge is 0.480 e. The molecule has 8 N–H and O–H groups in total. The molecular formula is C26H40N4O13. The Labute approximate surface area is 247 Å². The lowest BCUT2D eigenvalue weighted by Crippen LogP contribution is -2.45. The number of unbranched alkanes of at least 4 members (excludes halogenated alkanes) is 1. The Balaban J connectivity index is 4.89. The summed E-state index contributed by atoms with van der Waals surface area (Å²) in [6.07, 6.45) is -1.53. The Hall–Kier alpha value is -4.57. The SMILES string of the molecule is CCCCC(=O)N[C@@H](CCC(=O)N[C@@H](CCC(=O)N[C@@H](CCC(=O)N[C@@H](CCC(C)=O)C(=O)O)C(=O)O)C(=O)O)C(=O)O. The molecule has 0 saturated heterocycles. The van der Waals surface area contributed by atoms with Crippen LogP contribution in [0.4, 0.5) is 0 Å². The highest BCUT2D eigenvalue weighted by Crippen LogP contribution is 2.06. The number of carboxylic acid groups (broad SMARTS) is 4. The van der Waals surface area contributed by atoms with E-state index in [1.165, 1.54) is 6.92 Å². The fourth-order valence-corrected chi connectivity index (χ4v) is 3.61. The number of carboxylic acids is 4. The number of ketones is 1. The van der Waals surface area contributed by atoms with Crippen molar-refractivity contribution in [3.8, 4) is 0 Å². The zero-order chi connectivity index (χ0) is 33.1. The molecule has 4 amide bonds. The maximum atomic E-state index is 12.3. The van der Waals surface area contributed by atoms with E-state index >= 15 is 0 Å². The number of amides is 4. The lowest BCUT2D eigenvalue weighted by molar-refractivity contribution is -0.144. The molecule has 242 valence electrons. The van der Waals surface area contributed by atoms with Gasteiger partial charge in [0, 0.05) is 32.1 Å². The van der Waals surface area contributed by atoms with E-state index < -0.39 is 104 Å². The highest BCUT2D eigenvalue weighted by Gasteiger charge is 2.27. The van der Waals surface area contributed by atoms with Gasteiger partial charge in [0.05, 0.1) is 0 Å². The topological polar surface area (TPSA) is 283 Å². The van der Waals surface area contributed by atoms with Crippen molar-refractivity contribution in [1.82, 2.24) is 21.3 Å². The third-order valence-corrected chi connectivity index (χ3v) is 6.06. The number of nitrogens with one attached hydrogen (secondary N) is 4. The van der Waals surface area contributed by atoms with E-state index in [0.717, 1.165) is 6.42 Å². The number of carbonyl (C=O) groups excluding carboxylic acids is 5. The van der Waals surface area contributed by atoms with Crippen molar-refractivity contribution < 1.29 is 63.6 Å². The fraction of sp³-hybridized carbons (Fsp3) is 0.654. The Kier molecular flexibility index (Phi) is 18.2. The summed E-state index contributed by atoms with van der Waals surface area (Å²) < 4.78 is 0. The van der Waals surface area contributed by atoms with Gasteiger partial charge in [-0.1, -0.05) is 13.3 Å². The quantitative estimate of drug-likeness (QED) is 0.0696. The zero-order valence-electron chi connectivity index (χ0n) is 24.1. The van der Waals surface area contributed by atoms with Gasteiger partial charge in [0.15, 0.2) is 0 Å². The lowest BCUT2D eigenvalue weighted by atomic mass is 10.1.